The van der Waals surface area contributed by atoms with E-state index in [9.17, 15) is 4.79 Å². The van der Waals surface area contributed by atoms with Crippen LogP contribution in [-0.2, 0) is 14.3 Å². The van der Waals surface area contributed by atoms with E-state index in [1.165, 1.54) is 11.8 Å². The minimum absolute atomic E-state index is 0.0457. The zero-order valence-corrected chi connectivity index (χ0v) is 12.5. The van der Waals surface area contributed by atoms with Crippen LogP contribution in [0.4, 0.5) is 0 Å². The molecule has 0 saturated carbocycles. The van der Waals surface area contributed by atoms with E-state index in [-0.39, 0.29) is 12.2 Å². The van der Waals surface area contributed by atoms with Crippen LogP contribution in [0, 0.1) is 0 Å². The highest BCUT2D eigenvalue weighted by atomic mass is 32.2. The van der Waals surface area contributed by atoms with Crippen LogP contribution in [-0.4, -0.2) is 49.2 Å². The summed E-state index contributed by atoms with van der Waals surface area (Å²) in [7, 11) is 0. The summed E-state index contributed by atoms with van der Waals surface area (Å²) < 4.78 is 16.2. The zero-order valence-electron chi connectivity index (χ0n) is 11.7. The number of carbonyl (C=O) groups excluding carboxylic acids is 1. The minimum Gasteiger partial charge on any atom is -0.488 e. The molecule has 2 heterocycles. The Morgan fingerprint density at radius 2 is 2.09 bits per heavy atom. The summed E-state index contributed by atoms with van der Waals surface area (Å²) in [6.45, 7) is 1.60. The molecule has 2 aliphatic heterocycles. The third kappa shape index (κ3) is 4.30. The Kier molecular flexibility index (Phi) is 5.04. The van der Waals surface area contributed by atoms with Crippen LogP contribution in [0.15, 0.2) is 34.5 Å². The van der Waals surface area contributed by atoms with E-state index in [4.69, 9.17) is 14.2 Å². The predicted molar refractivity (Wildman–Crippen MR) is 83.3 cm³/mol. The molecule has 0 unspecified atom stereocenters. The van der Waals surface area contributed by atoms with Crippen molar-refractivity contribution in [1.29, 1.82) is 0 Å². The maximum atomic E-state index is 11.0. The van der Waals surface area contributed by atoms with Crippen LogP contribution in [0.1, 0.15) is 5.56 Å². The number of benzene rings is 1. The number of carbonyl (C=O) groups is 1. The number of nitrogens with zero attached hydrogens (tertiary/aromatic N) is 2. The van der Waals surface area contributed by atoms with Gasteiger partial charge in [-0.1, -0.05) is 11.8 Å². The van der Waals surface area contributed by atoms with Crippen LogP contribution in [0.3, 0.4) is 0 Å². The Morgan fingerprint density at radius 1 is 1.32 bits per heavy atom. The van der Waals surface area contributed by atoms with Gasteiger partial charge in [0, 0.05) is 0 Å². The number of ether oxygens (including phenoxy) is 3. The number of hydrogen-bond donors (Lipinski definition) is 1. The van der Waals surface area contributed by atoms with Crippen molar-refractivity contribution in [3.8, 4) is 5.75 Å². The number of nitrogens with one attached hydrogen (secondary N) is 1. The second-order valence-corrected chi connectivity index (χ2v) is 5.50. The molecule has 0 aromatic heterocycles. The van der Waals surface area contributed by atoms with Crippen molar-refractivity contribution in [3.05, 3.63) is 29.8 Å². The molecular weight excluding hydrogens is 306 g/mol. The molecule has 22 heavy (non-hydrogen) atoms. The molecule has 1 aromatic carbocycles. The Morgan fingerprint density at radius 3 is 2.77 bits per heavy atom. The fourth-order valence-electron chi connectivity index (χ4n) is 1.85. The monoisotopic (exact) mass is 321 g/mol. The molecule has 2 saturated heterocycles. The smallest absolute Gasteiger partial charge is 0.236 e. The van der Waals surface area contributed by atoms with Crippen LogP contribution in [0.25, 0.3) is 0 Å². The van der Waals surface area contributed by atoms with E-state index in [1.807, 2.05) is 24.3 Å². The number of amidine groups is 1. The Bertz CT molecular complexity index is 582. The summed E-state index contributed by atoms with van der Waals surface area (Å²) in [5.41, 5.74) is 0.888. The first-order chi connectivity index (χ1) is 10.8. The lowest BCUT2D eigenvalue weighted by Crippen LogP contribution is -2.19. The molecule has 1 aromatic rings. The van der Waals surface area contributed by atoms with Gasteiger partial charge >= 0.3 is 0 Å². The van der Waals surface area contributed by atoms with E-state index < -0.39 is 0 Å². The molecule has 1 N–H and O–H groups in total. The second kappa shape index (κ2) is 7.39. The average molecular weight is 321 g/mol. The molecule has 0 atom stereocenters. The van der Waals surface area contributed by atoms with Crippen molar-refractivity contribution in [1.82, 2.24) is 5.32 Å². The van der Waals surface area contributed by atoms with Gasteiger partial charge in [-0.2, -0.15) is 5.10 Å². The molecule has 0 spiro atoms. The third-order valence-electron chi connectivity index (χ3n) is 2.90. The predicted octanol–water partition coefficient (Wildman–Crippen LogP) is 0.991. The lowest BCUT2D eigenvalue weighted by atomic mass is 10.2. The Balaban J connectivity index is 1.49. The third-order valence-corrected chi connectivity index (χ3v) is 3.76. The quantitative estimate of drug-likeness (QED) is 0.646. The van der Waals surface area contributed by atoms with Gasteiger partial charge in [0.25, 0.3) is 0 Å². The lowest BCUT2D eigenvalue weighted by Gasteiger charge is -2.10. The van der Waals surface area contributed by atoms with Gasteiger partial charge in [-0.3, -0.25) is 4.79 Å². The minimum atomic E-state index is -0.281. The van der Waals surface area contributed by atoms with Crippen molar-refractivity contribution in [2.24, 2.45) is 10.2 Å². The molecule has 7 nitrogen and oxygen atoms in total. The topological polar surface area (TPSA) is 81.5 Å². The molecule has 8 heteroatoms. The van der Waals surface area contributed by atoms with Gasteiger partial charge < -0.3 is 19.5 Å². The second-order valence-electron chi connectivity index (χ2n) is 4.54. The van der Waals surface area contributed by atoms with Gasteiger partial charge in [0.05, 0.1) is 25.2 Å². The summed E-state index contributed by atoms with van der Waals surface area (Å²) in [4.78, 5) is 11.0. The number of hydrogen-bond acceptors (Lipinski definition) is 7. The van der Waals surface area contributed by atoms with Gasteiger partial charge in [0.15, 0.2) is 11.5 Å². The summed E-state index contributed by atoms with van der Waals surface area (Å²) in [6, 6.07) is 7.43. The fraction of sp³-hybridized carbons (Fsp3) is 0.357. The average Bonchev–Trinajstić information content (AvgIpc) is 3.18. The summed E-state index contributed by atoms with van der Waals surface area (Å²) in [5.74, 6) is 1.09. The van der Waals surface area contributed by atoms with Crippen molar-refractivity contribution in [2.45, 2.75) is 6.29 Å². The van der Waals surface area contributed by atoms with E-state index in [0.717, 1.165) is 11.3 Å². The summed E-state index contributed by atoms with van der Waals surface area (Å²) in [5, 5.41) is 11.0. The van der Waals surface area contributed by atoms with Crippen molar-refractivity contribution in [2.75, 3.05) is 25.6 Å². The zero-order chi connectivity index (χ0) is 15.2. The SMILES string of the molecule is O=C1CSC(=NN=Cc2ccc(OCC3OCCO3)cc2)N1. The van der Waals surface area contributed by atoms with Crippen LogP contribution >= 0.6 is 11.8 Å². The highest BCUT2D eigenvalue weighted by Crippen LogP contribution is 2.13. The van der Waals surface area contributed by atoms with Crippen LogP contribution in [0.5, 0.6) is 5.75 Å². The van der Waals surface area contributed by atoms with Gasteiger partial charge in [-0.15, -0.1) is 5.10 Å². The van der Waals surface area contributed by atoms with Crippen LogP contribution in [0.2, 0.25) is 0 Å². The fourth-order valence-corrected chi connectivity index (χ4v) is 2.48. The molecule has 0 radical (unpaired) electrons. The Labute approximate surface area is 131 Å². The first kappa shape index (κ1) is 15.0. The summed E-state index contributed by atoms with van der Waals surface area (Å²) >= 11 is 1.34. The molecule has 116 valence electrons. The number of rotatable bonds is 5. The largest absolute Gasteiger partial charge is 0.488 e. The molecule has 2 fully saturated rings. The molecule has 1 amide bonds. The van der Waals surface area contributed by atoms with Gasteiger partial charge in [0.2, 0.25) is 5.91 Å². The molecule has 0 aliphatic carbocycles. The van der Waals surface area contributed by atoms with E-state index in [1.54, 1.807) is 6.21 Å². The Hall–Kier alpha value is -1.90. The van der Waals surface area contributed by atoms with Crippen molar-refractivity contribution in [3.63, 3.8) is 0 Å². The van der Waals surface area contributed by atoms with E-state index in [2.05, 4.69) is 15.5 Å². The standard InChI is InChI=1S/C14H15N3O4S/c18-12-9-22-14(16-12)17-15-7-10-1-3-11(4-2-10)21-8-13-19-5-6-20-13/h1-4,7,13H,5-6,8-9H2,(H,16,17,18). The first-order valence-electron chi connectivity index (χ1n) is 6.79. The van der Waals surface area contributed by atoms with Crippen LogP contribution < -0.4 is 10.1 Å². The summed E-state index contributed by atoms with van der Waals surface area (Å²) in [6.07, 6.45) is 1.33. The highest BCUT2D eigenvalue weighted by Gasteiger charge is 2.16. The molecule has 3 rings (SSSR count). The van der Waals surface area contributed by atoms with E-state index in [0.29, 0.717) is 30.7 Å². The number of amides is 1. The van der Waals surface area contributed by atoms with Crippen molar-refractivity contribution < 1.29 is 19.0 Å². The van der Waals surface area contributed by atoms with Gasteiger partial charge in [-0.05, 0) is 29.8 Å². The normalized spacial score (nSPS) is 20.9. The molecule has 2 aliphatic rings. The van der Waals surface area contributed by atoms with Gasteiger partial charge in [-0.25, -0.2) is 0 Å². The molecular formula is C14H15N3O4S. The highest BCUT2D eigenvalue weighted by molar-refractivity contribution is 8.15. The van der Waals surface area contributed by atoms with E-state index >= 15 is 0 Å². The van der Waals surface area contributed by atoms with Crippen molar-refractivity contribution >= 4 is 29.1 Å². The number of thioether (sulfide) groups is 1. The van der Waals surface area contributed by atoms with Gasteiger partial charge in [0.1, 0.15) is 12.4 Å². The molecule has 0 bridgehead atoms. The lowest BCUT2D eigenvalue weighted by molar-refractivity contribution is -0.116. The maximum Gasteiger partial charge on any atom is 0.236 e. The maximum absolute atomic E-state index is 11.0. The first-order valence-corrected chi connectivity index (χ1v) is 7.78.